The van der Waals surface area contributed by atoms with Crippen LogP contribution in [0.2, 0.25) is 0 Å². The molecule has 22 heavy (non-hydrogen) atoms. The smallest absolute Gasteiger partial charge is 0.223 e. The highest BCUT2D eigenvalue weighted by Gasteiger charge is 2.25. The summed E-state index contributed by atoms with van der Waals surface area (Å²) in [6, 6.07) is 4.03. The fourth-order valence-corrected chi connectivity index (χ4v) is 3.38. The molecule has 1 saturated heterocycles. The summed E-state index contributed by atoms with van der Waals surface area (Å²) in [7, 11) is 0. The number of thiophene rings is 1. The lowest BCUT2D eigenvalue weighted by Gasteiger charge is -2.32. The number of rotatable bonds is 8. The first-order chi connectivity index (χ1) is 10.7. The monoisotopic (exact) mass is 326 g/mol. The first-order valence-corrected chi connectivity index (χ1v) is 8.85. The molecule has 2 rings (SSSR count). The minimum absolute atomic E-state index is 0.128. The van der Waals surface area contributed by atoms with Crippen LogP contribution in [0.3, 0.4) is 0 Å². The number of hydrogen-bond donors (Lipinski definition) is 2. The zero-order valence-electron chi connectivity index (χ0n) is 13.2. The Kier molecular flexibility index (Phi) is 7.32. The maximum absolute atomic E-state index is 11.8. The van der Waals surface area contributed by atoms with E-state index in [9.17, 15) is 9.90 Å². The summed E-state index contributed by atoms with van der Waals surface area (Å²) in [4.78, 5) is 15.2. The summed E-state index contributed by atoms with van der Waals surface area (Å²) in [5, 5.41) is 15.0. The minimum Gasteiger partial charge on any atom is -0.389 e. The molecule has 0 aromatic carbocycles. The Morgan fingerprint density at radius 1 is 1.55 bits per heavy atom. The SMILES string of the molecule is CCNC(=O)C1CCN(CC(O)COCc2cccs2)CC1. The van der Waals surface area contributed by atoms with E-state index in [2.05, 4.69) is 10.2 Å². The second kappa shape index (κ2) is 9.25. The van der Waals surface area contributed by atoms with Gasteiger partial charge < -0.3 is 20.1 Å². The van der Waals surface area contributed by atoms with Gasteiger partial charge in [0.15, 0.2) is 0 Å². The van der Waals surface area contributed by atoms with Gasteiger partial charge in [0.05, 0.1) is 19.3 Å². The molecule has 124 valence electrons. The van der Waals surface area contributed by atoms with Gasteiger partial charge in [-0.3, -0.25) is 4.79 Å². The summed E-state index contributed by atoms with van der Waals surface area (Å²) in [6.07, 6.45) is 1.27. The second-order valence-corrected chi connectivity index (χ2v) is 6.75. The molecule has 5 nitrogen and oxygen atoms in total. The molecule has 0 radical (unpaired) electrons. The molecule has 0 bridgehead atoms. The summed E-state index contributed by atoms with van der Waals surface area (Å²) < 4.78 is 5.54. The largest absolute Gasteiger partial charge is 0.389 e. The van der Waals surface area contributed by atoms with Crippen LogP contribution < -0.4 is 5.32 Å². The third-order valence-corrected chi connectivity index (χ3v) is 4.76. The molecule has 0 aliphatic carbocycles. The number of nitrogens with one attached hydrogen (secondary N) is 1. The number of carbonyl (C=O) groups excluding carboxylic acids is 1. The molecular formula is C16H26N2O3S. The number of nitrogens with zero attached hydrogens (tertiary/aromatic N) is 1. The van der Waals surface area contributed by atoms with Crippen LogP contribution in [0.4, 0.5) is 0 Å². The normalized spacial score (nSPS) is 18.3. The van der Waals surface area contributed by atoms with Crippen LogP contribution in [0.1, 0.15) is 24.6 Å². The number of β-amino-alcohol motifs (C(OH)–C–C–N with tert-alkyl or cyclic N) is 1. The second-order valence-electron chi connectivity index (χ2n) is 5.72. The highest BCUT2D eigenvalue weighted by Crippen LogP contribution is 2.17. The molecule has 0 spiro atoms. The standard InChI is InChI=1S/C16H26N2O3S/c1-2-17-16(20)13-5-7-18(8-6-13)10-14(19)11-21-12-15-4-3-9-22-15/h3-4,9,13-14,19H,2,5-8,10-12H2,1H3,(H,17,20). The molecule has 1 aliphatic rings. The highest BCUT2D eigenvalue weighted by molar-refractivity contribution is 7.09. The zero-order chi connectivity index (χ0) is 15.8. The van der Waals surface area contributed by atoms with E-state index in [1.54, 1.807) is 11.3 Å². The van der Waals surface area contributed by atoms with Crippen LogP contribution in [-0.4, -0.2) is 54.8 Å². The van der Waals surface area contributed by atoms with Crippen molar-refractivity contribution in [2.75, 3.05) is 32.8 Å². The number of aliphatic hydroxyl groups is 1. The molecule has 6 heteroatoms. The topological polar surface area (TPSA) is 61.8 Å². The van der Waals surface area contributed by atoms with Crippen LogP contribution >= 0.6 is 11.3 Å². The van der Waals surface area contributed by atoms with Crippen LogP contribution in [-0.2, 0) is 16.1 Å². The molecule has 2 N–H and O–H groups in total. The van der Waals surface area contributed by atoms with Gasteiger partial charge in [0.25, 0.3) is 0 Å². The Balaban J connectivity index is 1.60. The summed E-state index contributed by atoms with van der Waals surface area (Å²) >= 11 is 1.66. The maximum Gasteiger partial charge on any atom is 0.223 e. The number of aliphatic hydroxyl groups excluding tert-OH is 1. The quantitative estimate of drug-likeness (QED) is 0.759. The molecule has 1 unspecified atom stereocenters. The maximum atomic E-state index is 11.8. The van der Waals surface area contributed by atoms with Gasteiger partial charge in [0.1, 0.15) is 0 Å². The number of ether oxygens (including phenoxy) is 1. The van der Waals surface area contributed by atoms with E-state index in [4.69, 9.17) is 4.74 Å². The van der Waals surface area contributed by atoms with Crippen molar-refractivity contribution in [1.82, 2.24) is 10.2 Å². The molecule has 1 fully saturated rings. The Hall–Kier alpha value is -0.950. The third kappa shape index (κ3) is 5.68. The highest BCUT2D eigenvalue weighted by atomic mass is 32.1. The summed E-state index contributed by atoms with van der Waals surface area (Å²) in [6.45, 7) is 5.90. The van der Waals surface area contributed by atoms with E-state index in [0.717, 1.165) is 25.9 Å². The molecule has 1 aliphatic heterocycles. The Labute approximate surface area is 136 Å². The number of piperidine rings is 1. The number of carbonyl (C=O) groups is 1. The van der Waals surface area contributed by atoms with Crippen molar-refractivity contribution in [2.24, 2.45) is 5.92 Å². The lowest BCUT2D eigenvalue weighted by molar-refractivity contribution is -0.126. The van der Waals surface area contributed by atoms with E-state index in [1.807, 2.05) is 24.4 Å². The van der Waals surface area contributed by atoms with Gasteiger partial charge in [-0.15, -0.1) is 11.3 Å². The van der Waals surface area contributed by atoms with Crippen LogP contribution in [0.25, 0.3) is 0 Å². The van der Waals surface area contributed by atoms with Crippen molar-refractivity contribution in [3.63, 3.8) is 0 Å². The van der Waals surface area contributed by atoms with E-state index < -0.39 is 6.10 Å². The predicted octanol–water partition coefficient (Wildman–Crippen LogP) is 1.47. The molecule has 1 amide bonds. The average molecular weight is 326 g/mol. The molecule has 2 heterocycles. The first kappa shape index (κ1) is 17.4. The fraction of sp³-hybridized carbons (Fsp3) is 0.688. The molecule has 1 aromatic rings. The van der Waals surface area contributed by atoms with Gasteiger partial charge in [-0.25, -0.2) is 0 Å². The van der Waals surface area contributed by atoms with Crippen LogP contribution in [0, 0.1) is 5.92 Å². The Morgan fingerprint density at radius 2 is 2.32 bits per heavy atom. The van der Waals surface area contributed by atoms with Crippen molar-refractivity contribution >= 4 is 17.2 Å². The van der Waals surface area contributed by atoms with Crippen LogP contribution in [0.15, 0.2) is 17.5 Å². The number of likely N-dealkylation sites (tertiary alicyclic amines) is 1. The molecular weight excluding hydrogens is 300 g/mol. The Bertz CT molecular complexity index is 431. The summed E-state index contributed by atoms with van der Waals surface area (Å²) in [5.41, 5.74) is 0. The lowest BCUT2D eigenvalue weighted by Crippen LogP contribution is -2.43. The van der Waals surface area contributed by atoms with Crippen molar-refractivity contribution in [3.05, 3.63) is 22.4 Å². The third-order valence-electron chi connectivity index (χ3n) is 3.91. The van der Waals surface area contributed by atoms with Gasteiger partial charge >= 0.3 is 0 Å². The van der Waals surface area contributed by atoms with Crippen molar-refractivity contribution in [2.45, 2.75) is 32.5 Å². The van der Waals surface area contributed by atoms with E-state index in [1.165, 1.54) is 4.88 Å². The summed E-state index contributed by atoms with van der Waals surface area (Å²) in [5.74, 6) is 0.297. The lowest BCUT2D eigenvalue weighted by atomic mass is 9.96. The predicted molar refractivity (Wildman–Crippen MR) is 87.8 cm³/mol. The van der Waals surface area contributed by atoms with Gasteiger partial charge in [-0.1, -0.05) is 6.07 Å². The van der Waals surface area contributed by atoms with Gasteiger partial charge in [-0.05, 0) is 44.3 Å². The Morgan fingerprint density at radius 3 is 2.95 bits per heavy atom. The first-order valence-electron chi connectivity index (χ1n) is 7.97. The van der Waals surface area contributed by atoms with Gasteiger partial charge in [0.2, 0.25) is 5.91 Å². The average Bonchev–Trinajstić information content (AvgIpc) is 3.01. The van der Waals surface area contributed by atoms with E-state index in [-0.39, 0.29) is 11.8 Å². The fourth-order valence-electron chi connectivity index (χ4n) is 2.74. The van der Waals surface area contributed by atoms with Gasteiger partial charge in [-0.2, -0.15) is 0 Å². The van der Waals surface area contributed by atoms with Crippen molar-refractivity contribution < 1.29 is 14.6 Å². The minimum atomic E-state index is -0.471. The molecule has 1 aromatic heterocycles. The van der Waals surface area contributed by atoms with E-state index >= 15 is 0 Å². The zero-order valence-corrected chi connectivity index (χ0v) is 14.0. The molecule has 1 atom stereocenters. The van der Waals surface area contributed by atoms with Crippen LogP contribution in [0.5, 0.6) is 0 Å². The van der Waals surface area contributed by atoms with Crippen molar-refractivity contribution in [3.8, 4) is 0 Å². The van der Waals surface area contributed by atoms with E-state index in [0.29, 0.717) is 26.3 Å². The molecule has 0 saturated carbocycles. The van der Waals surface area contributed by atoms with Gasteiger partial charge in [0, 0.05) is 23.9 Å². The number of amides is 1. The van der Waals surface area contributed by atoms with Crippen molar-refractivity contribution in [1.29, 1.82) is 0 Å². The number of hydrogen-bond acceptors (Lipinski definition) is 5.